The van der Waals surface area contributed by atoms with E-state index in [0.717, 1.165) is 56.3 Å². The second-order valence-corrected chi connectivity index (χ2v) is 7.07. The monoisotopic (exact) mass is 350 g/mol. The number of carboxylic acids is 1. The summed E-state index contributed by atoms with van der Waals surface area (Å²) in [6.45, 7) is 2.73. The van der Waals surface area contributed by atoms with Crippen LogP contribution in [0.4, 0.5) is 0 Å². The molecule has 0 fully saturated rings. The fraction of sp³-hybridized carbons (Fsp3) is 0.550. The van der Waals surface area contributed by atoms with Gasteiger partial charge in [0.05, 0.1) is 6.61 Å². The normalized spacial score (nSPS) is 16.9. The standard InChI is InChI=1S/C20H27ClO3/c1-15-11-18(21)13-19(12-15)24-14-17-9-6-8-16(17)7-4-2-3-5-10-20(22)23/h8,11-13,17H,2-7,9-10,14H2,1H3,(H,22,23)/t17-/m1/s1. The van der Waals surface area contributed by atoms with Gasteiger partial charge >= 0.3 is 5.97 Å². The summed E-state index contributed by atoms with van der Waals surface area (Å²) in [6.07, 6.45) is 10.1. The Balaban J connectivity index is 1.69. The largest absolute Gasteiger partial charge is 0.493 e. The fourth-order valence-electron chi connectivity index (χ4n) is 3.26. The molecule has 0 radical (unpaired) electrons. The van der Waals surface area contributed by atoms with Crippen LogP contribution in [0.2, 0.25) is 5.02 Å². The number of carbonyl (C=O) groups is 1. The first-order chi connectivity index (χ1) is 11.5. The van der Waals surface area contributed by atoms with Gasteiger partial charge in [0.2, 0.25) is 0 Å². The first-order valence-electron chi connectivity index (χ1n) is 8.85. The summed E-state index contributed by atoms with van der Waals surface area (Å²) in [4.78, 5) is 10.5. The molecule has 1 aromatic carbocycles. The van der Waals surface area contributed by atoms with Crippen molar-refractivity contribution in [1.82, 2.24) is 0 Å². The number of ether oxygens (including phenoxy) is 1. The summed E-state index contributed by atoms with van der Waals surface area (Å²) in [7, 11) is 0. The highest BCUT2D eigenvalue weighted by Gasteiger charge is 2.19. The van der Waals surface area contributed by atoms with Crippen molar-refractivity contribution in [2.24, 2.45) is 5.92 Å². The highest BCUT2D eigenvalue weighted by molar-refractivity contribution is 6.30. The number of hydrogen-bond donors (Lipinski definition) is 1. The van der Waals surface area contributed by atoms with Gasteiger partial charge in [0.25, 0.3) is 0 Å². The Bertz CT molecular complexity index is 560. The summed E-state index contributed by atoms with van der Waals surface area (Å²) in [6, 6.07) is 5.82. The molecule has 3 nitrogen and oxygen atoms in total. The smallest absolute Gasteiger partial charge is 0.303 e. The summed E-state index contributed by atoms with van der Waals surface area (Å²) in [5, 5.41) is 9.35. The molecule has 0 saturated heterocycles. The van der Waals surface area contributed by atoms with Gasteiger partial charge in [0.1, 0.15) is 5.75 Å². The predicted molar refractivity (Wildman–Crippen MR) is 97.8 cm³/mol. The molecule has 24 heavy (non-hydrogen) atoms. The third-order valence-corrected chi connectivity index (χ3v) is 4.74. The van der Waals surface area contributed by atoms with E-state index in [4.69, 9.17) is 21.4 Å². The second kappa shape index (κ2) is 9.73. The van der Waals surface area contributed by atoms with Crippen molar-refractivity contribution in [2.45, 2.75) is 58.3 Å². The molecule has 1 N–H and O–H groups in total. The maximum Gasteiger partial charge on any atom is 0.303 e. The van der Waals surface area contributed by atoms with Crippen LogP contribution < -0.4 is 4.74 Å². The molecular weight excluding hydrogens is 324 g/mol. The lowest BCUT2D eigenvalue weighted by atomic mass is 9.97. The van der Waals surface area contributed by atoms with Crippen LogP contribution in [0.15, 0.2) is 29.8 Å². The maximum atomic E-state index is 10.5. The van der Waals surface area contributed by atoms with Gasteiger partial charge in [-0.3, -0.25) is 4.79 Å². The number of rotatable bonds is 10. The number of allylic oxidation sites excluding steroid dienone is 1. The summed E-state index contributed by atoms with van der Waals surface area (Å²) in [5.41, 5.74) is 2.62. The zero-order valence-corrected chi connectivity index (χ0v) is 15.1. The van der Waals surface area contributed by atoms with Crippen molar-refractivity contribution in [1.29, 1.82) is 0 Å². The number of aliphatic carboxylic acids is 1. The van der Waals surface area contributed by atoms with Crippen LogP contribution in [-0.2, 0) is 4.79 Å². The Morgan fingerprint density at radius 2 is 2.04 bits per heavy atom. The van der Waals surface area contributed by atoms with E-state index in [1.807, 2.05) is 25.1 Å². The van der Waals surface area contributed by atoms with Crippen molar-refractivity contribution >= 4 is 17.6 Å². The van der Waals surface area contributed by atoms with Gasteiger partial charge in [-0.25, -0.2) is 0 Å². The van der Waals surface area contributed by atoms with Crippen LogP contribution in [-0.4, -0.2) is 17.7 Å². The molecule has 0 amide bonds. The number of carboxylic acid groups (broad SMARTS) is 1. The van der Waals surface area contributed by atoms with Crippen LogP contribution in [0.5, 0.6) is 5.75 Å². The van der Waals surface area contributed by atoms with Gasteiger partial charge in [-0.2, -0.15) is 0 Å². The van der Waals surface area contributed by atoms with Gasteiger partial charge in [0, 0.05) is 17.4 Å². The Kier molecular flexibility index (Phi) is 7.64. The molecular formula is C20H27ClO3. The van der Waals surface area contributed by atoms with E-state index in [2.05, 4.69) is 6.08 Å². The molecule has 2 rings (SSSR count). The molecule has 1 aliphatic rings. The van der Waals surface area contributed by atoms with Gasteiger partial charge in [-0.05, 0) is 62.8 Å². The molecule has 1 aliphatic carbocycles. The molecule has 0 aliphatic heterocycles. The number of aryl methyl sites for hydroxylation is 1. The molecule has 0 aromatic heterocycles. The summed E-state index contributed by atoms with van der Waals surface area (Å²) >= 11 is 6.08. The maximum absolute atomic E-state index is 10.5. The summed E-state index contributed by atoms with van der Waals surface area (Å²) in [5.74, 6) is 0.658. The van der Waals surface area contributed by atoms with Crippen molar-refractivity contribution in [3.05, 3.63) is 40.4 Å². The minimum absolute atomic E-state index is 0.290. The average molecular weight is 351 g/mol. The number of halogens is 1. The first kappa shape index (κ1) is 18.9. The first-order valence-corrected chi connectivity index (χ1v) is 9.23. The molecule has 132 valence electrons. The Morgan fingerprint density at radius 1 is 1.25 bits per heavy atom. The van der Waals surface area contributed by atoms with E-state index in [1.54, 1.807) is 0 Å². The predicted octanol–water partition coefficient (Wildman–Crippen LogP) is 5.79. The highest BCUT2D eigenvalue weighted by atomic mass is 35.5. The van der Waals surface area contributed by atoms with Crippen molar-refractivity contribution in [3.8, 4) is 5.75 Å². The zero-order valence-electron chi connectivity index (χ0n) is 14.4. The van der Waals surface area contributed by atoms with Crippen molar-refractivity contribution in [2.75, 3.05) is 6.61 Å². The lowest BCUT2D eigenvalue weighted by Gasteiger charge is -2.16. The van der Waals surface area contributed by atoms with Gasteiger partial charge in [-0.1, -0.05) is 36.1 Å². The minimum atomic E-state index is -0.693. The van der Waals surface area contributed by atoms with E-state index in [9.17, 15) is 4.79 Å². The zero-order chi connectivity index (χ0) is 17.4. The van der Waals surface area contributed by atoms with E-state index in [1.165, 1.54) is 5.57 Å². The Morgan fingerprint density at radius 3 is 2.79 bits per heavy atom. The lowest BCUT2D eigenvalue weighted by molar-refractivity contribution is -0.137. The van der Waals surface area contributed by atoms with E-state index >= 15 is 0 Å². The topological polar surface area (TPSA) is 46.5 Å². The minimum Gasteiger partial charge on any atom is -0.493 e. The third kappa shape index (κ3) is 6.56. The molecule has 1 atom stereocenters. The quantitative estimate of drug-likeness (QED) is 0.429. The molecule has 1 aromatic rings. The molecule has 0 bridgehead atoms. The molecule has 0 heterocycles. The summed E-state index contributed by atoms with van der Waals surface area (Å²) < 4.78 is 5.96. The third-order valence-electron chi connectivity index (χ3n) is 4.52. The number of hydrogen-bond acceptors (Lipinski definition) is 2. The van der Waals surface area contributed by atoms with Gasteiger partial charge < -0.3 is 9.84 Å². The lowest BCUT2D eigenvalue weighted by Crippen LogP contribution is -2.12. The van der Waals surface area contributed by atoms with Crippen LogP contribution in [0.25, 0.3) is 0 Å². The van der Waals surface area contributed by atoms with Crippen LogP contribution in [0, 0.1) is 12.8 Å². The Labute approximate surface area is 149 Å². The molecule has 0 saturated carbocycles. The molecule has 0 unspecified atom stereocenters. The van der Waals surface area contributed by atoms with Crippen molar-refractivity contribution < 1.29 is 14.6 Å². The number of unbranched alkanes of at least 4 members (excludes halogenated alkanes) is 3. The van der Waals surface area contributed by atoms with E-state index in [-0.39, 0.29) is 6.42 Å². The fourth-order valence-corrected chi connectivity index (χ4v) is 3.54. The average Bonchev–Trinajstić information content (AvgIpc) is 2.95. The van der Waals surface area contributed by atoms with Crippen LogP contribution >= 0.6 is 11.6 Å². The molecule has 0 spiro atoms. The molecule has 4 heteroatoms. The van der Waals surface area contributed by atoms with Crippen molar-refractivity contribution in [3.63, 3.8) is 0 Å². The Hall–Kier alpha value is -1.48. The SMILES string of the molecule is Cc1cc(Cl)cc(OC[C@H]2CCC=C2CCCCCCC(=O)O)c1. The highest BCUT2D eigenvalue weighted by Crippen LogP contribution is 2.31. The van der Waals surface area contributed by atoms with Gasteiger partial charge in [-0.15, -0.1) is 0 Å². The van der Waals surface area contributed by atoms with Gasteiger partial charge in [0.15, 0.2) is 0 Å². The van der Waals surface area contributed by atoms with Crippen LogP contribution in [0.3, 0.4) is 0 Å². The van der Waals surface area contributed by atoms with E-state index in [0.29, 0.717) is 17.5 Å². The van der Waals surface area contributed by atoms with Crippen LogP contribution in [0.1, 0.15) is 56.9 Å². The second-order valence-electron chi connectivity index (χ2n) is 6.64. The number of benzene rings is 1. The van der Waals surface area contributed by atoms with E-state index < -0.39 is 5.97 Å².